The van der Waals surface area contributed by atoms with Crippen LogP contribution in [0.5, 0.6) is 5.75 Å². The summed E-state index contributed by atoms with van der Waals surface area (Å²) in [6.07, 6.45) is 5.50. The molecule has 122 valence electrons. The summed E-state index contributed by atoms with van der Waals surface area (Å²) in [6.45, 7) is 10.0. The standard InChI is InChI=1S/C19H29NO2/c1-4-12-22-17-13-15(2)19(16(3)14-17)18(21)8-11-20-9-6-5-7-10-20/h13-14H,4-12H2,1-3H3. The molecule has 1 heterocycles. The molecule has 0 amide bonds. The van der Waals surface area contributed by atoms with Gasteiger partial charge in [0.05, 0.1) is 6.61 Å². The Bertz CT molecular complexity index is 481. The number of benzene rings is 1. The Hall–Kier alpha value is -1.35. The summed E-state index contributed by atoms with van der Waals surface area (Å²) in [5.41, 5.74) is 2.96. The number of carbonyl (C=O) groups excluding carboxylic acids is 1. The maximum atomic E-state index is 12.6. The van der Waals surface area contributed by atoms with Crippen LogP contribution in [-0.2, 0) is 0 Å². The minimum Gasteiger partial charge on any atom is -0.494 e. The van der Waals surface area contributed by atoms with Crippen LogP contribution in [0.4, 0.5) is 0 Å². The van der Waals surface area contributed by atoms with Gasteiger partial charge in [-0.1, -0.05) is 13.3 Å². The van der Waals surface area contributed by atoms with Crippen molar-refractivity contribution < 1.29 is 9.53 Å². The number of likely N-dealkylation sites (tertiary alicyclic amines) is 1. The number of ether oxygens (including phenoxy) is 1. The molecule has 0 bridgehead atoms. The molecule has 0 radical (unpaired) electrons. The fourth-order valence-corrected chi connectivity index (χ4v) is 3.23. The molecule has 0 atom stereocenters. The van der Waals surface area contributed by atoms with Gasteiger partial charge in [-0.2, -0.15) is 0 Å². The van der Waals surface area contributed by atoms with Crippen LogP contribution >= 0.6 is 0 Å². The summed E-state index contributed by atoms with van der Waals surface area (Å²) < 4.78 is 5.69. The number of carbonyl (C=O) groups is 1. The smallest absolute Gasteiger partial charge is 0.164 e. The van der Waals surface area contributed by atoms with Crippen LogP contribution in [0.25, 0.3) is 0 Å². The summed E-state index contributed by atoms with van der Waals surface area (Å²) in [6, 6.07) is 3.99. The average Bonchev–Trinajstić information content (AvgIpc) is 2.51. The van der Waals surface area contributed by atoms with Crippen LogP contribution in [0.2, 0.25) is 0 Å². The van der Waals surface area contributed by atoms with E-state index in [2.05, 4.69) is 11.8 Å². The summed E-state index contributed by atoms with van der Waals surface area (Å²) in [7, 11) is 0. The molecule has 3 heteroatoms. The highest BCUT2D eigenvalue weighted by Crippen LogP contribution is 2.23. The van der Waals surface area contributed by atoms with Crippen molar-refractivity contribution in [2.75, 3.05) is 26.2 Å². The van der Waals surface area contributed by atoms with E-state index in [1.807, 2.05) is 26.0 Å². The molecule has 0 aromatic heterocycles. The Kier molecular flexibility index (Phi) is 6.44. The van der Waals surface area contributed by atoms with Crippen LogP contribution in [0.3, 0.4) is 0 Å². The molecule has 0 unspecified atom stereocenters. The van der Waals surface area contributed by atoms with Crippen molar-refractivity contribution in [3.05, 3.63) is 28.8 Å². The van der Waals surface area contributed by atoms with Crippen molar-refractivity contribution in [3.63, 3.8) is 0 Å². The summed E-state index contributed by atoms with van der Waals surface area (Å²) in [4.78, 5) is 15.0. The van der Waals surface area contributed by atoms with E-state index in [9.17, 15) is 4.79 Å². The maximum Gasteiger partial charge on any atom is 0.164 e. The third-order valence-corrected chi connectivity index (χ3v) is 4.36. The molecule has 0 N–H and O–H groups in total. The predicted molar refractivity (Wildman–Crippen MR) is 90.9 cm³/mol. The lowest BCUT2D eigenvalue weighted by Crippen LogP contribution is -2.31. The van der Waals surface area contributed by atoms with Gasteiger partial charge in [0, 0.05) is 18.5 Å². The van der Waals surface area contributed by atoms with Crippen molar-refractivity contribution in [2.45, 2.75) is 52.9 Å². The Morgan fingerprint density at radius 1 is 1.14 bits per heavy atom. The Morgan fingerprint density at radius 2 is 1.77 bits per heavy atom. The van der Waals surface area contributed by atoms with Crippen LogP contribution in [0, 0.1) is 13.8 Å². The van der Waals surface area contributed by atoms with Gasteiger partial charge in [-0.05, 0) is 69.5 Å². The zero-order valence-electron chi connectivity index (χ0n) is 14.3. The third kappa shape index (κ3) is 4.57. The molecule has 22 heavy (non-hydrogen) atoms. The number of aryl methyl sites for hydroxylation is 2. The van der Waals surface area contributed by atoms with E-state index in [1.165, 1.54) is 19.3 Å². The van der Waals surface area contributed by atoms with Crippen LogP contribution in [0.15, 0.2) is 12.1 Å². The Balaban J connectivity index is 1.99. The molecular weight excluding hydrogens is 274 g/mol. The van der Waals surface area contributed by atoms with Crippen molar-refractivity contribution in [1.82, 2.24) is 4.90 Å². The molecular formula is C19H29NO2. The molecule has 0 aliphatic carbocycles. The lowest BCUT2D eigenvalue weighted by molar-refractivity contribution is 0.0957. The second kappa shape index (κ2) is 8.33. The quantitative estimate of drug-likeness (QED) is 0.709. The first-order valence-electron chi connectivity index (χ1n) is 8.61. The number of ketones is 1. The summed E-state index contributed by atoms with van der Waals surface area (Å²) in [5.74, 6) is 1.15. The van der Waals surface area contributed by atoms with E-state index in [0.29, 0.717) is 6.42 Å². The van der Waals surface area contributed by atoms with Gasteiger partial charge in [-0.15, -0.1) is 0 Å². The highest BCUT2D eigenvalue weighted by atomic mass is 16.5. The number of hydrogen-bond acceptors (Lipinski definition) is 3. The minimum absolute atomic E-state index is 0.266. The van der Waals surface area contributed by atoms with Gasteiger partial charge in [0.15, 0.2) is 5.78 Å². The van der Waals surface area contributed by atoms with Gasteiger partial charge < -0.3 is 9.64 Å². The summed E-state index contributed by atoms with van der Waals surface area (Å²) >= 11 is 0. The van der Waals surface area contributed by atoms with Gasteiger partial charge in [-0.3, -0.25) is 4.79 Å². The normalized spacial score (nSPS) is 15.8. The maximum absolute atomic E-state index is 12.6. The molecule has 0 spiro atoms. The van der Waals surface area contributed by atoms with E-state index in [0.717, 1.165) is 55.1 Å². The molecule has 1 fully saturated rings. The second-order valence-electron chi connectivity index (χ2n) is 6.36. The van der Waals surface area contributed by atoms with Crippen LogP contribution in [0.1, 0.15) is 60.5 Å². The first-order valence-corrected chi connectivity index (χ1v) is 8.61. The van der Waals surface area contributed by atoms with Gasteiger partial charge in [0.2, 0.25) is 0 Å². The van der Waals surface area contributed by atoms with Crippen molar-refractivity contribution in [3.8, 4) is 5.75 Å². The average molecular weight is 303 g/mol. The number of nitrogens with zero attached hydrogens (tertiary/aromatic N) is 1. The fourth-order valence-electron chi connectivity index (χ4n) is 3.23. The predicted octanol–water partition coefficient (Wildman–Crippen LogP) is 4.15. The first kappa shape index (κ1) is 17.0. The topological polar surface area (TPSA) is 29.5 Å². The third-order valence-electron chi connectivity index (χ3n) is 4.36. The zero-order chi connectivity index (χ0) is 15.9. The van der Waals surface area contributed by atoms with Crippen LogP contribution in [-0.4, -0.2) is 36.9 Å². The van der Waals surface area contributed by atoms with E-state index in [-0.39, 0.29) is 5.78 Å². The summed E-state index contributed by atoms with van der Waals surface area (Å²) in [5, 5.41) is 0. The van der Waals surface area contributed by atoms with Gasteiger partial charge in [-0.25, -0.2) is 0 Å². The second-order valence-corrected chi connectivity index (χ2v) is 6.36. The van der Waals surface area contributed by atoms with E-state index in [1.54, 1.807) is 0 Å². The first-order chi connectivity index (χ1) is 10.6. The Labute approximate surface area is 134 Å². The van der Waals surface area contributed by atoms with Gasteiger partial charge in [0.25, 0.3) is 0 Å². The lowest BCUT2D eigenvalue weighted by Gasteiger charge is -2.26. The van der Waals surface area contributed by atoms with Crippen LogP contribution < -0.4 is 4.74 Å². The monoisotopic (exact) mass is 303 g/mol. The zero-order valence-corrected chi connectivity index (χ0v) is 14.3. The molecule has 1 aromatic rings. The number of Topliss-reactive ketones (excluding diaryl/α,β-unsaturated/α-hetero) is 1. The highest BCUT2D eigenvalue weighted by Gasteiger charge is 2.16. The Morgan fingerprint density at radius 3 is 2.36 bits per heavy atom. The molecule has 0 saturated carbocycles. The van der Waals surface area contributed by atoms with Crippen molar-refractivity contribution in [2.24, 2.45) is 0 Å². The van der Waals surface area contributed by atoms with Gasteiger partial charge in [0.1, 0.15) is 5.75 Å². The van der Waals surface area contributed by atoms with E-state index in [4.69, 9.17) is 4.74 Å². The lowest BCUT2D eigenvalue weighted by atomic mass is 9.96. The van der Waals surface area contributed by atoms with E-state index < -0.39 is 0 Å². The molecule has 1 aliphatic heterocycles. The SMILES string of the molecule is CCCOc1cc(C)c(C(=O)CCN2CCCCC2)c(C)c1. The van der Waals surface area contributed by atoms with Crippen molar-refractivity contribution in [1.29, 1.82) is 0 Å². The van der Waals surface area contributed by atoms with Crippen molar-refractivity contribution >= 4 is 5.78 Å². The number of hydrogen-bond donors (Lipinski definition) is 0. The van der Waals surface area contributed by atoms with E-state index >= 15 is 0 Å². The highest BCUT2D eigenvalue weighted by molar-refractivity contribution is 5.99. The molecule has 2 rings (SSSR count). The largest absolute Gasteiger partial charge is 0.494 e. The number of rotatable bonds is 7. The molecule has 3 nitrogen and oxygen atoms in total. The number of piperidine rings is 1. The fraction of sp³-hybridized carbons (Fsp3) is 0.632. The van der Waals surface area contributed by atoms with Gasteiger partial charge >= 0.3 is 0 Å². The molecule has 1 aromatic carbocycles. The molecule has 1 aliphatic rings. The minimum atomic E-state index is 0.266. The molecule has 1 saturated heterocycles.